The fraction of sp³-hybridized carbons (Fsp3) is 0.167. The molecule has 1 saturated heterocycles. The van der Waals surface area contributed by atoms with E-state index in [0.29, 0.717) is 17.3 Å². The minimum Gasteiger partial charge on any atom is -0.309 e. The minimum atomic E-state index is 0.292. The lowest BCUT2D eigenvalue weighted by molar-refractivity contribution is 0.628. The van der Waals surface area contributed by atoms with Crippen molar-refractivity contribution in [2.24, 2.45) is 0 Å². The highest BCUT2D eigenvalue weighted by molar-refractivity contribution is 6.90. The zero-order valence-electron chi connectivity index (χ0n) is 22.6. The lowest BCUT2D eigenvalue weighted by Gasteiger charge is -2.14. The van der Waals surface area contributed by atoms with E-state index in [9.17, 15) is 0 Å². The summed E-state index contributed by atoms with van der Waals surface area (Å²) in [6, 6.07) is 44.5. The van der Waals surface area contributed by atoms with Gasteiger partial charge in [0, 0.05) is 22.0 Å². The highest BCUT2D eigenvalue weighted by atomic mass is 15.0. The molecule has 6 aromatic rings. The van der Waals surface area contributed by atoms with E-state index in [2.05, 4.69) is 154 Å². The van der Waals surface area contributed by atoms with Gasteiger partial charge in [0.25, 0.3) is 0 Å². The van der Waals surface area contributed by atoms with E-state index in [1.165, 1.54) is 55.2 Å². The standard InChI is InChI=1S/C36H32BN/c1-35(2)36(3,4)37(35)28-20-21-30-32-23-27(25-14-8-5-9-15-25)22-31(26-16-10-6-11-17-26)34(32)38(33(30)24-28)29-18-12-7-13-19-29/h5-24H,1-4H3. The lowest BCUT2D eigenvalue weighted by Crippen LogP contribution is -2.20. The summed E-state index contributed by atoms with van der Waals surface area (Å²) < 4.78 is 2.49. The molecule has 0 bridgehead atoms. The van der Waals surface area contributed by atoms with Crippen molar-refractivity contribution >= 4 is 34.0 Å². The molecule has 0 saturated carbocycles. The first-order chi connectivity index (χ1) is 18.4. The maximum Gasteiger partial charge on any atom is 0.187 e. The third-order valence-corrected chi connectivity index (χ3v) is 9.45. The van der Waals surface area contributed by atoms with Crippen LogP contribution in [0.2, 0.25) is 10.6 Å². The highest BCUT2D eigenvalue weighted by Crippen LogP contribution is 2.73. The molecular weight excluding hydrogens is 457 g/mol. The first-order valence-corrected chi connectivity index (χ1v) is 13.7. The molecule has 1 fully saturated rings. The Kier molecular flexibility index (Phi) is 5.01. The molecule has 1 aromatic heterocycles. The van der Waals surface area contributed by atoms with Gasteiger partial charge in [-0.25, -0.2) is 0 Å². The Hall–Kier alpha value is -4.04. The number of rotatable bonds is 4. The summed E-state index contributed by atoms with van der Waals surface area (Å²) >= 11 is 0. The highest BCUT2D eigenvalue weighted by Gasteiger charge is 2.67. The van der Waals surface area contributed by atoms with Gasteiger partial charge in [0.15, 0.2) is 6.71 Å². The summed E-state index contributed by atoms with van der Waals surface area (Å²) in [6.45, 7) is 10.2. The second-order valence-corrected chi connectivity index (χ2v) is 12.0. The summed E-state index contributed by atoms with van der Waals surface area (Å²) in [7, 11) is 0. The van der Waals surface area contributed by atoms with E-state index >= 15 is 0 Å². The molecule has 1 nitrogen and oxygen atoms in total. The number of aromatic nitrogens is 1. The van der Waals surface area contributed by atoms with Crippen LogP contribution in [0.3, 0.4) is 0 Å². The molecule has 1 aliphatic heterocycles. The molecule has 2 heteroatoms. The largest absolute Gasteiger partial charge is 0.309 e. The van der Waals surface area contributed by atoms with Crippen molar-refractivity contribution in [1.82, 2.24) is 4.57 Å². The number of nitrogens with zero attached hydrogens (tertiary/aromatic N) is 1. The normalized spacial score (nSPS) is 15.7. The predicted molar refractivity (Wildman–Crippen MR) is 165 cm³/mol. The maximum atomic E-state index is 2.49. The summed E-state index contributed by atoms with van der Waals surface area (Å²) in [5.41, 5.74) is 10.2. The van der Waals surface area contributed by atoms with Crippen molar-refractivity contribution in [3.05, 3.63) is 121 Å². The second kappa shape index (κ2) is 8.23. The quantitative estimate of drug-likeness (QED) is 0.217. The Balaban J connectivity index is 1.61. The van der Waals surface area contributed by atoms with Crippen molar-refractivity contribution in [3.8, 4) is 27.9 Å². The third-order valence-electron chi connectivity index (χ3n) is 9.45. The molecule has 0 atom stereocenters. The van der Waals surface area contributed by atoms with Gasteiger partial charge in [-0.2, -0.15) is 0 Å². The fourth-order valence-corrected chi connectivity index (χ4v) is 6.85. The smallest absolute Gasteiger partial charge is 0.187 e. The van der Waals surface area contributed by atoms with Crippen LogP contribution in [0.25, 0.3) is 49.7 Å². The Bertz CT molecular complexity index is 1780. The zero-order chi connectivity index (χ0) is 26.1. The van der Waals surface area contributed by atoms with E-state index < -0.39 is 0 Å². The van der Waals surface area contributed by atoms with Gasteiger partial charge < -0.3 is 4.57 Å². The number of benzene rings is 5. The van der Waals surface area contributed by atoms with Gasteiger partial charge in [-0.05, 0) is 47.0 Å². The monoisotopic (exact) mass is 489 g/mol. The molecular formula is C36H32BN. The molecule has 0 N–H and O–H groups in total. The zero-order valence-corrected chi connectivity index (χ0v) is 22.6. The van der Waals surface area contributed by atoms with Gasteiger partial charge in [0.2, 0.25) is 0 Å². The van der Waals surface area contributed by atoms with Crippen molar-refractivity contribution in [1.29, 1.82) is 0 Å². The third kappa shape index (κ3) is 3.33. The molecule has 0 aliphatic carbocycles. The number of fused-ring (bicyclic) bond motifs is 3. The van der Waals surface area contributed by atoms with Crippen molar-refractivity contribution in [3.63, 3.8) is 0 Å². The van der Waals surface area contributed by atoms with Crippen LogP contribution in [0.1, 0.15) is 27.7 Å². The van der Waals surface area contributed by atoms with Crippen LogP contribution in [0.4, 0.5) is 0 Å². The topological polar surface area (TPSA) is 4.93 Å². The Morgan fingerprint density at radius 1 is 0.526 bits per heavy atom. The number of hydrogen-bond acceptors (Lipinski definition) is 0. The van der Waals surface area contributed by atoms with Crippen molar-refractivity contribution in [2.45, 2.75) is 38.3 Å². The molecule has 184 valence electrons. The van der Waals surface area contributed by atoms with Gasteiger partial charge in [-0.1, -0.05) is 135 Å². The average molecular weight is 489 g/mol. The van der Waals surface area contributed by atoms with Gasteiger partial charge in [-0.15, -0.1) is 0 Å². The molecule has 2 heterocycles. The van der Waals surface area contributed by atoms with Crippen LogP contribution in [0.5, 0.6) is 0 Å². The van der Waals surface area contributed by atoms with Crippen LogP contribution in [0, 0.1) is 0 Å². The SMILES string of the molecule is CC1(C)B(c2ccc3c4cc(-c5ccccc5)cc(-c5ccccc5)c4n(-c4ccccc4)c3c2)C1(C)C. The van der Waals surface area contributed by atoms with Crippen LogP contribution in [-0.2, 0) is 0 Å². The summed E-state index contributed by atoms with van der Waals surface area (Å²) in [5, 5.41) is 3.18. The van der Waals surface area contributed by atoms with E-state index in [0.717, 1.165) is 0 Å². The molecule has 0 amide bonds. The molecule has 38 heavy (non-hydrogen) atoms. The first-order valence-electron chi connectivity index (χ1n) is 13.7. The van der Waals surface area contributed by atoms with E-state index in [1.54, 1.807) is 0 Å². The molecule has 7 rings (SSSR count). The predicted octanol–water partition coefficient (Wildman–Crippen LogP) is 9.39. The summed E-state index contributed by atoms with van der Waals surface area (Å²) in [6.07, 6.45) is 0. The van der Waals surface area contributed by atoms with Crippen LogP contribution in [-0.4, -0.2) is 11.3 Å². The van der Waals surface area contributed by atoms with Crippen LogP contribution < -0.4 is 5.46 Å². The molecule has 5 aromatic carbocycles. The summed E-state index contributed by atoms with van der Waals surface area (Å²) in [5.74, 6) is 0. The second-order valence-electron chi connectivity index (χ2n) is 12.0. The number of hydrogen-bond donors (Lipinski definition) is 0. The lowest BCUT2D eigenvalue weighted by atomic mass is 9.53. The average Bonchev–Trinajstić information content (AvgIpc) is 3.19. The Labute approximate surface area is 225 Å². The molecule has 1 aliphatic rings. The maximum absolute atomic E-state index is 2.49. The fourth-order valence-electron chi connectivity index (χ4n) is 6.85. The first kappa shape index (κ1) is 23.1. The number of para-hydroxylation sites is 1. The van der Waals surface area contributed by atoms with Crippen LogP contribution >= 0.6 is 0 Å². The molecule has 0 radical (unpaired) electrons. The van der Waals surface area contributed by atoms with E-state index in [-0.39, 0.29) is 0 Å². The Morgan fingerprint density at radius 3 is 1.71 bits per heavy atom. The molecule has 0 unspecified atom stereocenters. The van der Waals surface area contributed by atoms with Gasteiger partial charge in [-0.3, -0.25) is 0 Å². The van der Waals surface area contributed by atoms with Gasteiger partial charge in [0.1, 0.15) is 0 Å². The van der Waals surface area contributed by atoms with Crippen molar-refractivity contribution < 1.29 is 0 Å². The minimum absolute atomic E-state index is 0.292. The van der Waals surface area contributed by atoms with E-state index in [4.69, 9.17) is 0 Å². The Morgan fingerprint density at radius 2 is 1.11 bits per heavy atom. The summed E-state index contributed by atoms with van der Waals surface area (Å²) in [4.78, 5) is 0. The van der Waals surface area contributed by atoms with Gasteiger partial charge in [0.05, 0.1) is 11.0 Å². The van der Waals surface area contributed by atoms with Crippen LogP contribution in [0.15, 0.2) is 121 Å². The van der Waals surface area contributed by atoms with Crippen molar-refractivity contribution in [2.75, 3.05) is 0 Å². The molecule has 0 spiro atoms. The van der Waals surface area contributed by atoms with E-state index in [1.807, 2.05) is 0 Å². The van der Waals surface area contributed by atoms with Gasteiger partial charge >= 0.3 is 0 Å².